The lowest BCUT2D eigenvalue weighted by molar-refractivity contribution is -0.143. The SMILES string of the molecule is CCCC(NC(=O)[C@@H]1[C@@H](CC)CCN1C(=O)CNC(=O)[C@@H](NC(=O)c1cnccn1)C(C)C)C(=O)C(=O)NC1CC1. The lowest BCUT2D eigenvalue weighted by atomic mass is 9.96. The molecule has 0 aromatic carbocycles. The highest BCUT2D eigenvalue weighted by Gasteiger charge is 2.42. The van der Waals surface area contributed by atoms with Crippen molar-refractivity contribution in [2.24, 2.45) is 11.8 Å². The van der Waals surface area contributed by atoms with Gasteiger partial charge in [0.2, 0.25) is 23.5 Å². The van der Waals surface area contributed by atoms with Gasteiger partial charge in [0.1, 0.15) is 17.8 Å². The van der Waals surface area contributed by atoms with Crippen LogP contribution in [0.2, 0.25) is 0 Å². The molecule has 1 aliphatic carbocycles. The van der Waals surface area contributed by atoms with E-state index in [0.717, 1.165) is 12.8 Å². The van der Waals surface area contributed by atoms with Gasteiger partial charge in [0.25, 0.3) is 11.8 Å². The first kappa shape index (κ1) is 31.6. The minimum atomic E-state index is -0.981. The highest BCUT2D eigenvalue weighted by Crippen LogP contribution is 2.27. The Labute approximate surface area is 240 Å². The van der Waals surface area contributed by atoms with Gasteiger partial charge < -0.3 is 26.2 Å². The maximum atomic E-state index is 13.4. The van der Waals surface area contributed by atoms with E-state index in [1.54, 1.807) is 13.8 Å². The van der Waals surface area contributed by atoms with Crippen molar-refractivity contribution in [3.8, 4) is 0 Å². The first-order chi connectivity index (χ1) is 19.6. The fourth-order valence-electron chi connectivity index (χ4n) is 4.92. The summed E-state index contributed by atoms with van der Waals surface area (Å²) in [5.41, 5.74) is 0.0587. The summed E-state index contributed by atoms with van der Waals surface area (Å²) in [4.78, 5) is 86.5. The zero-order valence-electron chi connectivity index (χ0n) is 24.1. The van der Waals surface area contributed by atoms with Crippen LogP contribution in [0.5, 0.6) is 0 Å². The van der Waals surface area contributed by atoms with Crippen LogP contribution in [-0.4, -0.2) is 87.4 Å². The molecule has 1 aliphatic heterocycles. The lowest BCUT2D eigenvalue weighted by Crippen LogP contribution is -2.56. The van der Waals surface area contributed by atoms with E-state index < -0.39 is 53.4 Å². The van der Waals surface area contributed by atoms with Gasteiger partial charge in [0.05, 0.1) is 18.8 Å². The summed E-state index contributed by atoms with van der Waals surface area (Å²) in [5.74, 6) is -3.88. The van der Waals surface area contributed by atoms with Gasteiger partial charge in [-0.2, -0.15) is 0 Å². The van der Waals surface area contributed by atoms with Crippen molar-refractivity contribution in [3.05, 3.63) is 24.3 Å². The first-order valence-electron chi connectivity index (χ1n) is 14.4. The van der Waals surface area contributed by atoms with Crippen LogP contribution in [0, 0.1) is 11.8 Å². The van der Waals surface area contributed by atoms with Crippen LogP contribution in [0.25, 0.3) is 0 Å². The minimum absolute atomic E-state index is 0.0164. The Hall–Kier alpha value is -3.90. The van der Waals surface area contributed by atoms with E-state index >= 15 is 0 Å². The molecule has 1 saturated carbocycles. The average molecular weight is 572 g/mol. The second-order valence-corrected chi connectivity index (χ2v) is 11.0. The number of ketones is 1. The van der Waals surface area contributed by atoms with Crippen molar-refractivity contribution in [2.75, 3.05) is 13.1 Å². The molecule has 4 atom stereocenters. The van der Waals surface area contributed by atoms with Crippen molar-refractivity contribution < 1.29 is 28.8 Å². The minimum Gasteiger partial charge on any atom is -0.347 e. The normalized spacial score (nSPS) is 19.7. The second-order valence-electron chi connectivity index (χ2n) is 11.0. The van der Waals surface area contributed by atoms with Gasteiger partial charge in [0, 0.05) is 25.0 Å². The molecule has 1 unspecified atom stereocenters. The smallest absolute Gasteiger partial charge is 0.289 e. The lowest BCUT2D eigenvalue weighted by Gasteiger charge is -2.29. The van der Waals surface area contributed by atoms with Gasteiger partial charge in [-0.05, 0) is 37.5 Å². The van der Waals surface area contributed by atoms with Gasteiger partial charge in [-0.3, -0.25) is 33.8 Å². The predicted molar refractivity (Wildman–Crippen MR) is 148 cm³/mol. The largest absolute Gasteiger partial charge is 0.347 e. The Balaban J connectivity index is 1.63. The molecule has 5 amide bonds. The number of likely N-dealkylation sites (tertiary alicyclic amines) is 1. The van der Waals surface area contributed by atoms with Gasteiger partial charge in [-0.15, -0.1) is 0 Å². The van der Waals surface area contributed by atoms with Crippen LogP contribution in [-0.2, 0) is 24.0 Å². The molecular formula is C28H41N7O6. The Morgan fingerprint density at radius 2 is 1.76 bits per heavy atom. The molecule has 41 heavy (non-hydrogen) atoms. The van der Waals surface area contributed by atoms with Crippen molar-refractivity contribution in [1.82, 2.24) is 36.1 Å². The fourth-order valence-corrected chi connectivity index (χ4v) is 4.92. The molecule has 2 heterocycles. The van der Waals surface area contributed by atoms with Gasteiger partial charge in [-0.25, -0.2) is 4.98 Å². The number of nitrogens with zero attached hydrogens (tertiary/aromatic N) is 3. The van der Waals surface area contributed by atoms with Gasteiger partial charge >= 0.3 is 0 Å². The van der Waals surface area contributed by atoms with E-state index in [-0.39, 0.29) is 30.1 Å². The highest BCUT2D eigenvalue weighted by atomic mass is 16.2. The highest BCUT2D eigenvalue weighted by molar-refractivity contribution is 6.38. The predicted octanol–water partition coefficient (Wildman–Crippen LogP) is 0.107. The topological polar surface area (TPSA) is 180 Å². The maximum Gasteiger partial charge on any atom is 0.289 e. The van der Waals surface area contributed by atoms with Crippen LogP contribution in [0.3, 0.4) is 0 Å². The van der Waals surface area contributed by atoms with E-state index in [2.05, 4.69) is 31.2 Å². The number of hydrogen-bond donors (Lipinski definition) is 4. The summed E-state index contributed by atoms with van der Waals surface area (Å²) >= 11 is 0. The summed E-state index contributed by atoms with van der Waals surface area (Å²) in [6.07, 6.45) is 7.85. The summed E-state index contributed by atoms with van der Waals surface area (Å²) in [6, 6.07) is -2.73. The van der Waals surface area contributed by atoms with Gasteiger partial charge in [0.15, 0.2) is 0 Å². The molecule has 0 bridgehead atoms. The zero-order chi connectivity index (χ0) is 30.1. The standard InChI is InChI=1S/C28H41N7O6/c1-5-7-19(24(37)28(41)32-18-8-9-18)33-27(40)23-17(6-2)10-13-35(23)21(36)15-31-26(39)22(16(3)4)34-25(38)20-14-29-11-12-30-20/h11-12,14,16-19,22-23H,5-10,13,15H2,1-4H3,(H,31,39)(H,32,41)(H,33,40)(H,34,38)/t17-,19?,22-,23-/m0/s1. The van der Waals surface area contributed by atoms with Crippen molar-refractivity contribution in [1.29, 1.82) is 0 Å². The average Bonchev–Trinajstić information content (AvgIpc) is 3.67. The number of Topliss-reactive ketones (excluding diaryl/α,β-unsaturated/α-hetero) is 1. The summed E-state index contributed by atoms with van der Waals surface area (Å²) in [6.45, 7) is 7.24. The van der Waals surface area contributed by atoms with E-state index in [9.17, 15) is 28.8 Å². The number of hydrogen-bond acceptors (Lipinski definition) is 8. The monoisotopic (exact) mass is 571 g/mol. The number of carbonyl (C=O) groups is 6. The third-order valence-electron chi connectivity index (χ3n) is 7.43. The van der Waals surface area contributed by atoms with E-state index in [0.29, 0.717) is 32.2 Å². The number of rotatable bonds is 14. The Kier molecular flexibility index (Phi) is 11.3. The molecule has 224 valence electrons. The van der Waals surface area contributed by atoms with Crippen LogP contribution in [0.15, 0.2) is 18.6 Å². The first-order valence-corrected chi connectivity index (χ1v) is 14.4. The molecule has 2 aliphatic rings. The van der Waals surface area contributed by atoms with Crippen LogP contribution in [0.1, 0.15) is 76.7 Å². The molecule has 4 N–H and O–H groups in total. The van der Waals surface area contributed by atoms with Crippen LogP contribution in [0.4, 0.5) is 0 Å². The summed E-state index contributed by atoms with van der Waals surface area (Å²) in [7, 11) is 0. The Morgan fingerprint density at radius 1 is 1.02 bits per heavy atom. The molecule has 1 aromatic heterocycles. The van der Waals surface area contributed by atoms with Crippen molar-refractivity contribution in [3.63, 3.8) is 0 Å². The van der Waals surface area contributed by atoms with Crippen molar-refractivity contribution in [2.45, 2.75) is 90.4 Å². The molecule has 1 saturated heterocycles. The number of carbonyl (C=O) groups excluding carboxylic acids is 6. The van der Waals surface area contributed by atoms with E-state index in [1.165, 1.54) is 23.5 Å². The third-order valence-corrected chi connectivity index (χ3v) is 7.43. The molecule has 13 nitrogen and oxygen atoms in total. The van der Waals surface area contributed by atoms with Crippen LogP contribution >= 0.6 is 0 Å². The molecule has 3 rings (SSSR count). The number of amides is 5. The third kappa shape index (κ3) is 8.54. The zero-order valence-corrected chi connectivity index (χ0v) is 24.1. The number of aromatic nitrogens is 2. The van der Waals surface area contributed by atoms with Crippen LogP contribution < -0.4 is 21.3 Å². The summed E-state index contributed by atoms with van der Waals surface area (Å²) in [5, 5.41) is 10.6. The van der Waals surface area contributed by atoms with Crippen molar-refractivity contribution >= 4 is 35.3 Å². The molecule has 0 radical (unpaired) electrons. The summed E-state index contributed by atoms with van der Waals surface area (Å²) < 4.78 is 0. The maximum absolute atomic E-state index is 13.4. The molecular weight excluding hydrogens is 530 g/mol. The molecule has 2 fully saturated rings. The molecule has 0 spiro atoms. The van der Waals surface area contributed by atoms with E-state index in [1.807, 2.05) is 13.8 Å². The second kappa shape index (κ2) is 14.6. The Morgan fingerprint density at radius 3 is 2.34 bits per heavy atom. The van der Waals surface area contributed by atoms with Gasteiger partial charge in [-0.1, -0.05) is 40.5 Å². The van der Waals surface area contributed by atoms with E-state index in [4.69, 9.17) is 0 Å². The molecule has 1 aromatic rings. The Bertz CT molecular complexity index is 1120. The fraction of sp³-hybridized carbons (Fsp3) is 0.643. The quantitative estimate of drug-likeness (QED) is 0.227. The number of nitrogens with one attached hydrogen (secondary N) is 4. The molecule has 13 heteroatoms.